The predicted molar refractivity (Wildman–Crippen MR) is 125 cm³/mol. The number of aryl methyl sites for hydroxylation is 1. The Hall–Kier alpha value is -3.35. The van der Waals surface area contributed by atoms with Crippen LogP contribution >= 0.6 is 34.9 Å². The van der Waals surface area contributed by atoms with Crippen LogP contribution < -0.4 is 5.32 Å². The van der Waals surface area contributed by atoms with Crippen LogP contribution in [0.1, 0.15) is 16.3 Å². The molecule has 164 valence electrons. The molecule has 0 fully saturated rings. The molecule has 0 aliphatic rings. The van der Waals surface area contributed by atoms with Gasteiger partial charge in [0.2, 0.25) is 0 Å². The van der Waals surface area contributed by atoms with Crippen LogP contribution in [-0.2, 0) is 0 Å². The van der Waals surface area contributed by atoms with E-state index < -0.39 is 5.91 Å². The maximum atomic E-state index is 13.3. The zero-order valence-electron chi connectivity index (χ0n) is 16.9. The number of fused-ring (bicyclic) bond motifs is 1. The van der Waals surface area contributed by atoms with Crippen LogP contribution in [0.15, 0.2) is 74.7 Å². The Kier molecular flexibility index (Phi) is 6.03. The van der Waals surface area contributed by atoms with E-state index in [4.69, 9.17) is 0 Å². The van der Waals surface area contributed by atoms with Crippen molar-refractivity contribution in [1.29, 1.82) is 0 Å². The number of halogens is 1. The fraction of sp³-hybridized carbons (Fsp3) is 0.0476. The summed E-state index contributed by atoms with van der Waals surface area (Å²) in [5, 5.41) is 12.4. The summed E-state index contributed by atoms with van der Waals surface area (Å²) in [6.07, 6.45) is 1.68. The lowest BCUT2D eigenvalue weighted by Crippen LogP contribution is -2.15. The standard InChI is InChI=1S/C21H14FN7OS3/c1-11-24-21(29-28-11)32-16-9-8-15(31-13-6-4-12(22)5-7-13)17(26-16)18(30)27-20-25-14-3-2-10-23-19(14)33-20/h2-10H,1H3,(H,24,28,29)(H,25,27,30). The number of carbonyl (C=O) groups is 1. The smallest absolute Gasteiger partial charge is 0.277 e. The molecule has 4 aromatic heterocycles. The number of hydrogen-bond donors (Lipinski definition) is 2. The molecule has 0 bridgehead atoms. The van der Waals surface area contributed by atoms with Crippen LogP contribution in [0.25, 0.3) is 10.3 Å². The summed E-state index contributed by atoms with van der Waals surface area (Å²) in [4.78, 5) is 31.6. The minimum absolute atomic E-state index is 0.220. The number of aromatic nitrogens is 6. The predicted octanol–water partition coefficient (Wildman–Crippen LogP) is 5.21. The Balaban J connectivity index is 1.46. The fourth-order valence-corrected chi connectivity index (χ4v) is 5.26. The molecular weight excluding hydrogens is 481 g/mol. The molecule has 0 unspecified atom stereocenters. The van der Waals surface area contributed by atoms with E-state index in [1.165, 1.54) is 47.0 Å². The molecule has 5 rings (SSSR count). The lowest BCUT2D eigenvalue weighted by Gasteiger charge is -2.10. The number of nitrogens with zero attached hydrogens (tertiary/aromatic N) is 5. The number of hydrogen-bond acceptors (Lipinski definition) is 9. The van der Waals surface area contributed by atoms with Gasteiger partial charge in [-0.25, -0.2) is 19.3 Å². The molecule has 8 nitrogen and oxygen atoms in total. The third-order valence-electron chi connectivity index (χ3n) is 4.26. The van der Waals surface area contributed by atoms with E-state index >= 15 is 0 Å². The Labute approximate surface area is 199 Å². The van der Waals surface area contributed by atoms with Gasteiger partial charge in [-0.15, -0.1) is 10.2 Å². The molecule has 4 heterocycles. The number of thiazole rings is 1. The minimum Gasteiger partial charge on any atom is -0.320 e. The fourth-order valence-electron chi connectivity index (χ4n) is 2.81. The molecule has 33 heavy (non-hydrogen) atoms. The number of benzene rings is 1. The van der Waals surface area contributed by atoms with Crippen LogP contribution in [0.5, 0.6) is 0 Å². The molecule has 0 saturated carbocycles. The molecule has 12 heteroatoms. The van der Waals surface area contributed by atoms with Crippen molar-refractivity contribution in [2.45, 2.75) is 26.9 Å². The summed E-state index contributed by atoms with van der Waals surface area (Å²) >= 11 is 3.87. The first-order valence-corrected chi connectivity index (χ1v) is 12.0. The van der Waals surface area contributed by atoms with Gasteiger partial charge in [-0.1, -0.05) is 23.1 Å². The van der Waals surface area contributed by atoms with Crippen LogP contribution in [0.3, 0.4) is 0 Å². The van der Waals surface area contributed by atoms with E-state index in [9.17, 15) is 9.18 Å². The van der Waals surface area contributed by atoms with Crippen molar-refractivity contribution >= 4 is 56.2 Å². The van der Waals surface area contributed by atoms with Gasteiger partial charge >= 0.3 is 0 Å². The highest BCUT2D eigenvalue weighted by atomic mass is 32.2. The third kappa shape index (κ3) is 5.02. The Morgan fingerprint density at radius 3 is 2.67 bits per heavy atom. The van der Waals surface area contributed by atoms with E-state index in [2.05, 4.69) is 35.5 Å². The number of H-pyrrole nitrogens is 1. The molecule has 5 aromatic rings. The number of carbonyl (C=O) groups excluding carboxylic acids is 1. The maximum absolute atomic E-state index is 13.3. The molecule has 1 amide bonds. The molecule has 0 saturated heterocycles. The normalized spacial score (nSPS) is 11.1. The number of nitrogens with one attached hydrogen (secondary N) is 2. The molecule has 0 spiro atoms. The lowest BCUT2D eigenvalue weighted by molar-refractivity contribution is 0.101. The summed E-state index contributed by atoms with van der Waals surface area (Å²) in [6, 6.07) is 13.3. The Morgan fingerprint density at radius 2 is 1.91 bits per heavy atom. The highest BCUT2D eigenvalue weighted by molar-refractivity contribution is 7.99. The van der Waals surface area contributed by atoms with E-state index in [1.54, 1.807) is 43.5 Å². The monoisotopic (exact) mass is 495 g/mol. The quantitative estimate of drug-likeness (QED) is 0.331. The van der Waals surface area contributed by atoms with Crippen LogP contribution in [-0.4, -0.2) is 36.0 Å². The summed E-state index contributed by atoms with van der Waals surface area (Å²) in [5.74, 6) is -0.0488. The largest absolute Gasteiger partial charge is 0.320 e. The van der Waals surface area contributed by atoms with Crippen LogP contribution in [0.4, 0.5) is 9.52 Å². The van der Waals surface area contributed by atoms with Gasteiger partial charge in [-0.3, -0.25) is 10.1 Å². The summed E-state index contributed by atoms with van der Waals surface area (Å²) < 4.78 is 13.3. The van der Waals surface area contributed by atoms with Crippen LogP contribution in [0, 0.1) is 12.7 Å². The van der Waals surface area contributed by atoms with E-state index in [0.29, 0.717) is 31.6 Å². The highest BCUT2D eigenvalue weighted by Crippen LogP contribution is 2.33. The second-order valence-corrected chi connectivity index (χ2v) is 9.77. The zero-order valence-corrected chi connectivity index (χ0v) is 19.4. The maximum Gasteiger partial charge on any atom is 0.277 e. The second-order valence-electron chi connectivity index (χ2n) is 6.67. The first-order chi connectivity index (χ1) is 16.0. The number of pyridine rings is 2. The van der Waals surface area contributed by atoms with Crippen molar-refractivity contribution in [2.75, 3.05) is 5.32 Å². The molecule has 0 radical (unpaired) electrons. The van der Waals surface area contributed by atoms with Crippen LogP contribution in [0.2, 0.25) is 0 Å². The first kappa shape index (κ1) is 21.5. The Bertz CT molecular complexity index is 1420. The van der Waals surface area contributed by atoms with E-state index in [0.717, 1.165) is 9.73 Å². The summed E-state index contributed by atoms with van der Waals surface area (Å²) in [7, 11) is 0. The average molecular weight is 496 g/mol. The Morgan fingerprint density at radius 1 is 1.06 bits per heavy atom. The first-order valence-electron chi connectivity index (χ1n) is 9.58. The molecule has 0 aliphatic carbocycles. The third-order valence-corrected chi connectivity index (χ3v) is 7.02. The second kappa shape index (κ2) is 9.25. The molecule has 0 atom stereocenters. The molecule has 2 N–H and O–H groups in total. The van der Waals surface area contributed by atoms with Crippen molar-refractivity contribution in [3.8, 4) is 0 Å². The van der Waals surface area contributed by atoms with Crippen molar-refractivity contribution in [1.82, 2.24) is 30.1 Å². The van der Waals surface area contributed by atoms with Gasteiger partial charge < -0.3 is 4.98 Å². The van der Waals surface area contributed by atoms with Crippen molar-refractivity contribution in [2.24, 2.45) is 0 Å². The van der Waals surface area contributed by atoms with Crippen molar-refractivity contribution < 1.29 is 9.18 Å². The number of rotatable bonds is 6. The lowest BCUT2D eigenvalue weighted by atomic mass is 10.3. The van der Waals surface area contributed by atoms with Gasteiger partial charge in [-0.05, 0) is 67.2 Å². The van der Waals surface area contributed by atoms with Gasteiger partial charge in [0.15, 0.2) is 10.3 Å². The minimum atomic E-state index is -0.408. The number of amides is 1. The molecule has 1 aromatic carbocycles. The zero-order chi connectivity index (χ0) is 22.8. The molecular formula is C21H14FN7OS3. The number of anilines is 1. The highest BCUT2D eigenvalue weighted by Gasteiger charge is 2.19. The van der Waals surface area contributed by atoms with E-state index in [1.807, 2.05) is 6.07 Å². The summed E-state index contributed by atoms with van der Waals surface area (Å²) in [5.41, 5.74) is 0.925. The van der Waals surface area contributed by atoms with Gasteiger partial charge in [0.25, 0.3) is 5.91 Å². The molecule has 0 aliphatic heterocycles. The average Bonchev–Trinajstić information content (AvgIpc) is 3.41. The van der Waals surface area contributed by atoms with Gasteiger partial charge in [0.1, 0.15) is 32.7 Å². The van der Waals surface area contributed by atoms with E-state index in [-0.39, 0.29) is 11.5 Å². The van der Waals surface area contributed by atoms with Gasteiger partial charge in [0.05, 0.1) is 0 Å². The topological polar surface area (TPSA) is 109 Å². The van der Waals surface area contributed by atoms with Crippen molar-refractivity contribution in [3.05, 3.63) is 72.1 Å². The van der Waals surface area contributed by atoms with Gasteiger partial charge in [-0.2, -0.15) is 0 Å². The van der Waals surface area contributed by atoms with Crippen molar-refractivity contribution in [3.63, 3.8) is 0 Å². The van der Waals surface area contributed by atoms with Gasteiger partial charge in [0, 0.05) is 16.0 Å². The SMILES string of the molecule is Cc1nnc(Sc2ccc(Sc3ccc(F)cc3)c(C(=O)Nc3nc4cccnc4s3)n2)[nH]1. The summed E-state index contributed by atoms with van der Waals surface area (Å²) in [6.45, 7) is 1.80. The number of aromatic amines is 1.